The number of rotatable bonds is 4. The Hall–Kier alpha value is -0.900. The molecule has 18 heavy (non-hydrogen) atoms. The largest absolute Gasteiger partial charge is 0.469 e. The topological polar surface area (TPSA) is 46.6 Å². The first-order valence-electron chi connectivity index (χ1n) is 7.06. The van der Waals surface area contributed by atoms with E-state index >= 15 is 0 Å². The molecule has 1 aliphatic heterocycles. The summed E-state index contributed by atoms with van der Waals surface area (Å²) in [5.41, 5.74) is 0. The summed E-state index contributed by atoms with van der Waals surface area (Å²) >= 11 is 0. The highest BCUT2D eigenvalue weighted by atomic mass is 16.5. The molecule has 4 nitrogen and oxygen atoms in total. The highest BCUT2D eigenvalue weighted by Crippen LogP contribution is 2.32. The number of Topliss-reactive ketones (excluding diaryl/α,β-unsaturated/α-hetero) is 1. The normalized spacial score (nSPS) is 29.5. The highest BCUT2D eigenvalue weighted by Gasteiger charge is 2.36. The molecule has 2 unspecified atom stereocenters. The van der Waals surface area contributed by atoms with Crippen LogP contribution in [0.15, 0.2) is 0 Å². The van der Waals surface area contributed by atoms with Crippen molar-refractivity contribution >= 4 is 11.8 Å². The Morgan fingerprint density at radius 2 is 2.17 bits per heavy atom. The highest BCUT2D eigenvalue weighted by molar-refractivity contribution is 5.82. The van der Waals surface area contributed by atoms with Gasteiger partial charge in [-0.25, -0.2) is 0 Å². The van der Waals surface area contributed by atoms with Gasteiger partial charge in [-0.05, 0) is 32.2 Å². The van der Waals surface area contributed by atoms with E-state index in [1.807, 2.05) is 0 Å². The van der Waals surface area contributed by atoms with Crippen molar-refractivity contribution in [2.24, 2.45) is 5.92 Å². The van der Waals surface area contributed by atoms with Crippen LogP contribution in [-0.2, 0) is 14.3 Å². The van der Waals surface area contributed by atoms with Crippen LogP contribution in [0.3, 0.4) is 0 Å². The number of ketones is 1. The van der Waals surface area contributed by atoms with Gasteiger partial charge in [-0.15, -0.1) is 0 Å². The maximum Gasteiger partial charge on any atom is 0.306 e. The summed E-state index contributed by atoms with van der Waals surface area (Å²) in [6.45, 7) is 1.76. The van der Waals surface area contributed by atoms with Crippen molar-refractivity contribution in [3.05, 3.63) is 0 Å². The Bertz CT molecular complexity index is 316. The lowest BCUT2D eigenvalue weighted by Gasteiger charge is -2.32. The van der Waals surface area contributed by atoms with E-state index in [4.69, 9.17) is 0 Å². The molecule has 4 heteroatoms. The molecule has 1 aliphatic carbocycles. The molecule has 2 aliphatic rings. The van der Waals surface area contributed by atoms with Crippen molar-refractivity contribution in [2.75, 3.05) is 20.2 Å². The molecule has 0 spiro atoms. The molecule has 2 atom stereocenters. The number of esters is 1. The molecule has 1 saturated heterocycles. The molecule has 0 radical (unpaired) electrons. The van der Waals surface area contributed by atoms with Crippen molar-refractivity contribution in [1.82, 2.24) is 4.90 Å². The number of ether oxygens (including phenoxy) is 1. The quantitative estimate of drug-likeness (QED) is 0.716. The minimum atomic E-state index is -0.157. The van der Waals surface area contributed by atoms with E-state index in [0.29, 0.717) is 18.2 Å². The Balaban J connectivity index is 1.90. The van der Waals surface area contributed by atoms with Crippen LogP contribution in [0.4, 0.5) is 0 Å². The van der Waals surface area contributed by atoms with Crippen LogP contribution in [0.1, 0.15) is 44.9 Å². The minimum Gasteiger partial charge on any atom is -0.469 e. The first-order chi connectivity index (χ1) is 8.72. The molecule has 0 aromatic carbocycles. The van der Waals surface area contributed by atoms with E-state index in [1.54, 1.807) is 0 Å². The van der Waals surface area contributed by atoms with E-state index < -0.39 is 0 Å². The molecule has 0 bridgehead atoms. The SMILES string of the molecule is COC(=O)CCN1CCCC1C1CCCCC1=O. The molecule has 0 amide bonds. The van der Waals surface area contributed by atoms with Crippen molar-refractivity contribution in [3.8, 4) is 0 Å². The molecule has 0 aromatic rings. The molecular formula is C14H23NO3. The van der Waals surface area contributed by atoms with Crippen molar-refractivity contribution in [3.63, 3.8) is 0 Å². The molecule has 102 valence electrons. The maximum atomic E-state index is 12.0. The summed E-state index contributed by atoms with van der Waals surface area (Å²) in [5, 5.41) is 0. The number of methoxy groups -OCH3 is 1. The summed E-state index contributed by atoms with van der Waals surface area (Å²) in [5.74, 6) is 0.505. The third kappa shape index (κ3) is 3.10. The lowest BCUT2D eigenvalue weighted by atomic mass is 9.82. The average Bonchev–Trinajstić information content (AvgIpc) is 2.84. The van der Waals surface area contributed by atoms with Gasteiger partial charge in [0, 0.05) is 24.9 Å². The molecule has 1 saturated carbocycles. The predicted molar refractivity (Wildman–Crippen MR) is 68.2 cm³/mol. The Kier molecular flexibility index (Phi) is 4.75. The third-order valence-electron chi connectivity index (χ3n) is 4.31. The van der Waals surface area contributed by atoms with Crippen LogP contribution in [-0.4, -0.2) is 42.9 Å². The van der Waals surface area contributed by atoms with Gasteiger partial charge in [0.1, 0.15) is 5.78 Å². The number of nitrogens with zero attached hydrogens (tertiary/aromatic N) is 1. The van der Waals surface area contributed by atoms with Gasteiger partial charge < -0.3 is 4.74 Å². The van der Waals surface area contributed by atoms with Crippen LogP contribution in [0, 0.1) is 5.92 Å². The van der Waals surface area contributed by atoms with Gasteiger partial charge in [-0.3, -0.25) is 14.5 Å². The molecule has 2 fully saturated rings. The van der Waals surface area contributed by atoms with E-state index in [9.17, 15) is 9.59 Å². The van der Waals surface area contributed by atoms with Crippen molar-refractivity contribution < 1.29 is 14.3 Å². The first-order valence-corrected chi connectivity index (χ1v) is 7.06. The molecule has 0 aromatic heterocycles. The number of carbonyl (C=O) groups excluding carboxylic acids is 2. The smallest absolute Gasteiger partial charge is 0.306 e. The zero-order chi connectivity index (χ0) is 13.0. The summed E-state index contributed by atoms with van der Waals surface area (Å²) < 4.78 is 4.68. The van der Waals surface area contributed by atoms with Gasteiger partial charge in [0.2, 0.25) is 0 Å². The van der Waals surface area contributed by atoms with Gasteiger partial charge in [0.05, 0.1) is 13.5 Å². The Morgan fingerprint density at radius 3 is 2.89 bits per heavy atom. The van der Waals surface area contributed by atoms with Crippen LogP contribution >= 0.6 is 0 Å². The zero-order valence-corrected chi connectivity index (χ0v) is 11.2. The molecular weight excluding hydrogens is 230 g/mol. The van der Waals surface area contributed by atoms with E-state index in [0.717, 1.165) is 45.2 Å². The van der Waals surface area contributed by atoms with Crippen LogP contribution < -0.4 is 0 Å². The number of hydrogen-bond acceptors (Lipinski definition) is 4. The second kappa shape index (κ2) is 6.32. The van der Waals surface area contributed by atoms with E-state index in [-0.39, 0.29) is 11.9 Å². The second-order valence-corrected chi connectivity index (χ2v) is 5.39. The maximum absolute atomic E-state index is 12.0. The number of likely N-dealkylation sites (tertiary alicyclic amines) is 1. The molecule has 0 N–H and O–H groups in total. The second-order valence-electron chi connectivity index (χ2n) is 5.39. The summed E-state index contributed by atoms with van der Waals surface area (Å²) in [6, 6.07) is 0.377. The molecule has 2 rings (SSSR count). The summed E-state index contributed by atoms with van der Waals surface area (Å²) in [4.78, 5) is 25.5. The lowest BCUT2D eigenvalue weighted by molar-refractivity contribution is -0.141. The van der Waals surface area contributed by atoms with Crippen molar-refractivity contribution in [2.45, 2.75) is 51.0 Å². The van der Waals surface area contributed by atoms with Gasteiger partial charge in [-0.2, -0.15) is 0 Å². The third-order valence-corrected chi connectivity index (χ3v) is 4.31. The van der Waals surface area contributed by atoms with Gasteiger partial charge in [0.15, 0.2) is 0 Å². The fourth-order valence-electron chi connectivity index (χ4n) is 3.34. The summed E-state index contributed by atoms with van der Waals surface area (Å²) in [6.07, 6.45) is 6.73. The monoisotopic (exact) mass is 253 g/mol. The summed E-state index contributed by atoms with van der Waals surface area (Å²) in [7, 11) is 1.43. The van der Waals surface area contributed by atoms with E-state index in [2.05, 4.69) is 9.64 Å². The average molecular weight is 253 g/mol. The van der Waals surface area contributed by atoms with E-state index in [1.165, 1.54) is 13.5 Å². The minimum absolute atomic E-state index is 0.157. The van der Waals surface area contributed by atoms with Gasteiger partial charge in [0.25, 0.3) is 0 Å². The fraction of sp³-hybridized carbons (Fsp3) is 0.857. The first kappa shape index (κ1) is 13.5. The molecule has 1 heterocycles. The Morgan fingerprint density at radius 1 is 1.33 bits per heavy atom. The number of carbonyl (C=O) groups is 2. The van der Waals surface area contributed by atoms with Crippen LogP contribution in [0.5, 0.6) is 0 Å². The van der Waals surface area contributed by atoms with Crippen LogP contribution in [0.2, 0.25) is 0 Å². The standard InChI is InChI=1S/C14H23NO3/c1-18-14(17)8-10-15-9-4-6-12(15)11-5-2-3-7-13(11)16/h11-12H,2-10H2,1H3. The predicted octanol–water partition coefficient (Wildman–Crippen LogP) is 1.77. The Labute approximate surface area is 109 Å². The lowest BCUT2D eigenvalue weighted by Crippen LogP contribution is -2.41. The van der Waals surface area contributed by atoms with Crippen molar-refractivity contribution in [1.29, 1.82) is 0 Å². The zero-order valence-electron chi connectivity index (χ0n) is 11.2. The number of hydrogen-bond donors (Lipinski definition) is 0. The fourth-order valence-corrected chi connectivity index (χ4v) is 3.34. The van der Waals surface area contributed by atoms with Crippen LogP contribution in [0.25, 0.3) is 0 Å². The van der Waals surface area contributed by atoms with Gasteiger partial charge in [-0.1, -0.05) is 6.42 Å². The van der Waals surface area contributed by atoms with Gasteiger partial charge >= 0.3 is 5.97 Å².